The average Bonchev–Trinajstić information content (AvgIpc) is 2.65. The molecule has 156 valence electrons. The number of aromatic amines is 1. The van der Waals surface area contributed by atoms with E-state index in [0.717, 1.165) is 12.1 Å². The van der Waals surface area contributed by atoms with Crippen LogP contribution in [0.2, 0.25) is 0 Å². The Morgan fingerprint density at radius 2 is 1.93 bits per heavy atom. The van der Waals surface area contributed by atoms with Gasteiger partial charge in [-0.15, -0.1) is 0 Å². The van der Waals surface area contributed by atoms with Crippen LogP contribution in [0.15, 0.2) is 26.1 Å². The molecular formula is C22H29N3O4. The van der Waals surface area contributed by atoms with E-state index in [4.69, 9.17) is 4.42 Å². The summed E-state index contributed by atoms with van der Waals surface area (Å²) in [6.45, 7) is 8.83. The number of nitrogens with zero attached hydrogens (tertiary/aromatic N) is 2. The number of nitrogens with one attached hydrogen (secondary N) is 1. The lowest BCUT2D eigenvalue weighted by Gasteiger charge is -2.31. The fourth-order valence-electron chi connectivity index (χ4n) is 3.83. The quantitative estimate of drug-likeness (QED) is 0.834. The Kier molecular flexibility index (Phi) is 6.35. The standard InChI is InChI=1S/C22H29N3O4/c1-13(2)5-6-17-11-14(3)20(22(28)29-17)21(27)25-9-7-16(8-10-25)18-12-19(26)24-15(4)23-18/h11-13,16H,5-10H2,1-4H3,(H,23,24,26). The predicted octanol–water partition coefficient (Wildman–Crippen LogP) is 2.95. The van der Waals surface area contributed by atoms with Crippen molar-refractivity contribution in [3.05, 3.63) is 61.3 Å². The molecule has 2 aromatic heterocycles. The maximum atomic E-state index is 13.0. The summed E-state index contributed by atoms with van der Waals surface area (Å²) < 4.78 is 5.42. The van der Waals surface area contributed by atoms with E-state index in [9.17, 15) is 14.4 Å². The Morgan fingerprint density at radius 3 is 2.52 bits per heavy atom. The van der Waals surface area contributed by atoms with Crippen molar-refractivity contribution in [1.29, 1.82) is 0 Å². The van der Waals surface area contributed by atoms with Crippen molar-refractivity contribution < 1.29 is 9.21 Å². The summed E-state index contributed by atoms with van der Waals surface area (Å²) >= 11 is 0. The molecule has 0 radical (unpaired) electrons. The lowest BCUT2D eigenvalue weighted by atomic mass is 9.92. The van der Waals surface area contributed by atoms with Gasteiger partial charge in [-0.05, 0) is 50.7 Å². The molecule has 0 spiro atoms. The minimum absolute atomic E-state index is 0.127. The normalized spacial score (nSPS) is 15.1. The van der Waals surface area contributed by atoms with E-state index in [0.29, 0.717) is 55.4 Å². The molecule has 1 fully saturated rings. The molecular weight excluding hydrogens is 370 g/mol. The molecule has 29 heavy (non-hydrogen) atoms. The maximum Gasteiger partial charge on any atom is 0.349 e. The van der Waals surface area contributed by atoms with Crippen molar-refractivity contribution in [1.82, 2.24) is 14.9 Å². The van der Waals surface area contributed by atoms with Crippen LogP contribution in [-0.4, -0.2) is 33.9 Å². The van der Waals surface area contributed by atoms with E-state index < -0.39 is 5.63 Å². The van der Waals surface area contributed by atoms with Crippen LogP contribution in [0.25, 0.3) is 0 Å². The van der Waals surface area contributed by atoms with Gasteiger partial charge in [-0.2, -0.15) is 0 Å². The Balaban J connectivity index is 1.70. The number of amides is 1. The van der Waals surface area contributed by atoms with Crippen molar-refractivity contribution in [2.75, 3.05) is 13.1 Å². The second kappa shape index (κ2) is 8.76. The predicted molar refractivity (Wildman–Crippen MR) is 110 cm³/mol. The van der Waals surface area contributed by atoms with Crippen molar-refractivity contribution in [2.45, 2.75) is 59.3 Å². The Bertz CT molecular complexity index is 998. The van der Waals surface area contributed by atoms with Crippen LogP contribution in [0.5, 0.6) is 0 Å². The molecule has 1 saturated heterocycles. The fourth-order valence-corrected chi connectivity index (χ4v) is 3.83. The zero-order chi connectivity index (χ0) is 21.1. The first-order valence-corrected chi connectivity index (χ1v) is 10.3. The van der Waals surface area contributed by atoms with Gasteiger partial charge in [0.2, 0.25) is 0 Å². The van der Waals surface area contributed by atoms with Crippen LogP contribution in [0.3, 0.4) is 0 Å². The zero-order valence-electron chi connectivity index (χ0n) is 17.6. The highest BCUT2D eigenvalue weighted by Crippen LogP contribution is 2.27. The lowest BCUT2D eigenvalue weighted by Crippen LogP contribution is -2.40. The van der Waals surface area contributed by atoms with Gasteiger partial charge in [-0.3, -0.25) is 9.59 Å². The molecule has 1 N–H and O–H groups in total. The Labute approximate surface area is 170 Å². The average molecular weight is 399 g/mol. The number of hydrogen-bond acceptors (Lipinski definition) is 5. The van der Waals surface area contributed by atoms with Gasteiger partial charge in [0, 0.05) is 31.5 Å². The van der Waals surface area contributed by atoms with Crippen LogP contribution in [0, 0.1) is 19.8 Å². The van der Waals surface area contributed by atoms with Gasteiger partial charge in [0.15, 0.2) is 0 Å². The number of carbonyl (C=O) groups excluding carboxylic acids is 1. The van der Waals surface area contributed by atoms with Crippen molar-refractivity contribution in [2.24, 2.45) is 5.92 Å². The number of hydrogen-bond donors (Lipinski definition) is 1. The molecule has 7 nitrogen and oxygen atoms in total. The summed E-state index contributed by atoms with van der Waals surface area (Å²) in [7, 11) is 0. The maximum absolute atomic E-state index is 13.0. The second-order valence-electron chi connectivity index (χ2n) is 8.31. The third-order valence-corrected chi connectivity index (χ3v) is 5.46. The lowest BCUT2D eigenvalue weighted by molar-refractivity contribution is 0.0706. The van der Waals surface area contributed by atoms with Gasteiger partial charge in [0.25, 0.3) is 11.5 Å². The van der Waals surface area contributed by atoms with E-state index in [-0.39, 0.29) is 22.9 Å². The van der Waals surface area contributed by atoms with Crippen molar-refractivity contribution in [3.8, 4) is 0 Å². The van der Waals surface area contributed by atoms with Crippen molar-refractivity contribution in [3.63, 3.8) is 0 Å². The molecule has 0 atom stereocenters. The fraction of sp³-hybridized carbons (Fsp3) is 0.545. The molecule has 3 rings (SSSR count). The SMILES string of the molecule is Cc1nc(C2CCN(C(=O)c3c(C)cc(CCC(C)C)oc3=O)CC2)cc(=O)[nH]1. The number of rotatable bonds is 5. The number of H-pyrrole nitrogens is 1. The minimum atomic E-state index is -0.553. The first-order valence-electron chi connectivity index (χ1n) is 10.3. The summed E-state index contributed by atoms with van der Waals surface area (Å²) in [6.07, 6.45) is 3.03. The summed E-state index contributed by atoms with van der Waals surface area (Å²) in [5, 5.41) is 0. The first kappa shape index (κ1) is 21.0. The second-order valence-corrected chi connectivity index (χ2v) is 8.31. The first-order chi connectivity index (χ1) is 13.7. The molecule has 0 aromatic carbocycles. The highest BCUT2D eigenvalue weighted by atomic mass is 16.4. The topological polar surface area (TPSA) is 96.3 Å². The highest BCUT2D eigenvalue weighted by Gasteiger charge is 2.28. The van der Waals surface area contributed by atoms with E-state index in [1.807, 2.05) is 6.07 Å². The van der Waals surface area contributed by atoms with E-state index in [2.05, 4.69) is 23.8 Å². The van der Waals surface area contributed by atoms with Gasteiger partial charge in [0.05, 0.1) is 5.69 Å². The van der Waals surface area contributed by atoms with Crippen LogP contribution in [0.4, 0.5) is 0 Å². The molecule has 3 heterocycles. The number of aryl methyl sites for hydroxylation is 3. The van der Waals surface area contributed by atoms with Crippen LogP contribution in [-0.2, 0) is 6.42 Å². The van der Waals surface area contributed by atoms with Gasteiger partial charge in [-0.25, -0.2) is 9.78 Å². The molecule has 0 saturated carbocycles. The largest absolute Gasteiger partial charge is 0.427 e. The molecule has 7 heteroatoms. The molecule has 2 aromatic rings. The number of aromatic nitrogens is 2. The minimum Gasteiger partial charge on any atom is -0.427 e. The monoisotopic (exact) mass is 399 g/mol. The smallest absolute Gasteiger partial charge is 0.349 e. The van der Waals surface area contributed by atoms with Crippen molar-refractivity contribution >= 4 is 5.91 Å². The number of piperidine rings is 1. The molecule has 0 bridgehead atoms. The third kappa shape index (κ3) is 5.02. The van der Waals surface area contributed by atoms with E-state index in [1.54, 1.807) is 18.7 Å². The van der Waals surface area contributed by atoms with E-state index in [1.165, 1.54) is 6.07 Å². The molecule has 0 aliphatic carbocycles. The Hall–Kier alpha value is -2.70. The number of likely N-dealkylation sites (tertiary alicyclic amines) is 1. The van der Waals surface area contributed by atoms with Crippen LogP contribution >= 0.6 is 0 Å². The molecule has 0 unspecified atom stereocenters. The van der Waals surface area contributed by atoms with Gasteiger partial charge < -0.3 is 14.3 Å². The zero-order valence-corrected chi connectivity index (χ0v) is 17.6. The van der Waals surface area contributed by atoms with Gasteiger partial charge in [0.1, 0.15) is 17.1 Å². The molecule has 1 aliphatic heterocycles. The molecule has 1 aliphatic rings. The summed E-state index contributed by atoms with van der Waals surface area (Å²) in [6, 6.07) is 3.34. The van der Waals surface area contributed by atoms with Gasteiger partial charge >= 0.3 is 5.63 Å². The van der Waals surface area contributed by atoms with Gasteiger partial charge in [-0.1, -0.05) is 13.8 Å². The Morgan fingerprint density at radius 1 is 1.24 bits per heavy atom. The summed E-state index contributed by atoms with van der Waals surface area (Å²) in [5.74, 6) is 1.60. The summed E-state index contributed by atoms with van der Waals surface area (Å²) in [4.78, 5) is 45.9. The van der Waals surface area contributed by atoms with Crippen LogP contribution < -0.4 is 11.2 Å². The number of carbonyl (C=O) groups is 1. The highest BCUT2D eigenvalue weighted by molar-refractivity contribution is 5.95. The van der Waals surface area contributed by atoms with E-state index >= 15 is 0 Å². The van der Waals surface area contributed by atoms with Crippen LogP contribution in [0.1, 0.15) is 72.2 Å². The molecule has 1 amide bonds. The third-order valence-electron chi connectivity index (χ3n) is 5.46. The summed E-state index contributed by atoms with van der Waals surface area (Å²) in [5.41, 5.74) is 0.851.